The molecule has 7 heteroatoms. The van der Waals surface area contributed by atoms with Crippen molar-refractivity contribution < 1.29 is 13.9 Å². The van der Waals surface area contributed by atoms with Gasteiger partial charge in [-0.15, -0.1) is 10.2 Å². The van der Waals surface area contributed by atoms with Gasteiger partial charge in [0.1, 0.15) is 5.82 Å². The summed E-state index contributed by atoms with van der Waals surface area (Å²) in [7, 11) is 0. The second kappa shape index (κ2) is 7.25. The standard InChI is InChI=1S/C17H19FN4O2/c1-2-24-16-7-6-15(19-20-16)21-8-10-22(11-9-21)17(23)13-4-3-5-14(18)12-13/h3-7,12H,2,8-11H2,1H3. The van der Waals surface area contributed by atoms with Crippen molar-refractivity contribution in [3.63, 3.8) is 0 Å². The van der Waals surface area contributed by atoms with Gasteiger partial charge >= 0.3 is 0 Å². The van der Waals surface area contributed by atoms with Gasteiger partial charge in [-0.2, -0.15) is 0 Å². The molecule has 1 amide bonds. The van der Waals surface area contributed by atoms with Gasteiger partial charge in [-0.05, 0) is 31.2 Å². The van der Waals surface area contributed by atoms with Gasteiger partial charge < -0.3 is 14.5 Å². The van der Waals surface area contributed by atoms with Crippen LogP contribution in [0.15, 0.2) is 36.4 Å². The molecule has 1 aliphatic heterocycles. The molecule has 0 N–H and O–H groups in total. The molecule has 0 bridgehead atoms. The molecule has 1 fully saturated rings. The highest BCUT2D eigenvalue weighted by molar-refractivity contribution is 5.94. The van der Waals surface area contributed by atoms with E-state index in [9.17, 15) is 9.18 Å². The molecule has 2 aromatic rings. The summed E-state index contributed by atoms with van der Waals surface area (Å²) < 4.78 is 18.5. The van der Waals surface area contributed by atoms with Gasteiger partial charge in [-0.3, -0.25) is 4.79 Å². The zero-order valence-electron chi connectivity index (χ0n) is 13.5. The normalized spacial score (nSPS) is 14.6. The minimum absolute atomic E-state index is 0.146. The lowest BCUT2D eigenvalue weighted by atomic mass is 10.1. The third-order valence-electron chi connectivity index (χ3n) is 3.88. The first-order valence-electron chi connectivity index (χ1n) is 7.93. The van der Waals surface area contributed by atoms with Crippen LogP contribution < -0.4 is 9.64 Å². The van der Waals surface area contributed by atoms with Gasteiger partial charge in [0.05, 0.1) is 6.61 Å². The van der Waals surface area contributed by atoms with Crippen LogP contribution in [0.4, 0.5) is 10.2 Å². The van der Waals surface area contributed by atoms with E-state index in [0.717, 1.165) is 5.82 Å². The second-order valence-corrected chi connectivity index (χ2v) is 5.45. The first kappa shape index (κ1) is 16.2. The largest absolute Gasteiger partial charge is 0.477 e. The van der Waals surface area contributed by atoms with Crippen LogP contribution >= 0.6 is 0 Å². The SMILES string of the molecule is CCOc1ccc(N2CCN(C(=O)c3cccc(F)c3)CC2)nn1. The number of benzene rings is 1. The number of piperazine rings is 1. The molecule has 1 aliphatic rings. The Morgan fingerprint density at radius 1 is 1.17 bits per heavy atom. The average molecular weight is 330 g/mol. The van der Waals surface area contributed by atoms with Crippen LogP contribution in [0.3, 0.4) is 0 Å². The summed E-state index contributed by atoms with van der Waals surface area (Å²) in [5, 5.41) is 8.18. The number of carbonyl (C=O) groups excluding carboxylic acids is 1. The molecular weight excluding hydrogens is 311 g/mol. The number of nitrogens with zero attached hydrogens (tertiary/aromatic N) is 4. The van der Waals surface area contributed by atoms with Gasteiger partial charge in [-0.25, -0.2) is 4.39 Å². The van der Waals surface area contributed by atoms with Crippen LogP contribution in [0.1, 0.15) is 17.3 Å². The summed E-state index contributed by atoms with van der Waals surface area (Å²) in [5.74, 6) is 0.716. The molecular formula is C17H19FN4O2. The fraction of sp³-hybridized carbons (Fsp3) is 0.353. The van der Waals surface area contributed by atoms with E-state index in [0.29, 0.717) is 44.2 Å². The Hall–Kier alpha value is -2.70. The molecule has 1 aromatic heterocycles. The van der Waals surface area contributed by atoms with Gasteiger partial charge in [-0.1, -0.05) is 6.07 Å². The molecule has 0 atom stereocenters. The highest BCUT2D eigenvalue weighted by Crippen LogP contribution is 2.16. The number of ether oxygens (including phenoxy) is 1. The maximum atomic E-state index is 13.3. The third kappa shape index (κ3) is 3.61. The van der Waals surface area contributed by atoms with Gasteiger partial charge in [0.15, 0.2) is 5.82 Å². The van der Waals surface area contributed by atoms with E-state index in [4.69, 9.17) is 4.74 Å². The maximum absolute atomic E-state index is 13.3. The third-order valence-corrected chi connectivity index (χ3v) is 3.88. The molecule has 0 radical (unpaired) electrons. The summed E-state index contributed by atoms with van der Waals surface area (Å²) in [6, 6.07) is 9.44. The van der Waals surface area contributed by atoms with E-state index in [1.54, 1.807) is 23.1 Å². The van der Waals surface area contributed by atoms with Crippen molar-refractivity contribution in [2.75, 3.05) is 37.7 Å². The molecule has 6 nitrogen and oxygen atoms in total. The van der Waals surface area contributed by atoms with Crippen molar-refractivity contribution in [2.24, 2.45) is 0 Å². The summed E-state index contributed by atoms with van der Waals surface area (Å²) >= 11 is 0. The number of hydrogen-bond acceptors (Lipinski definition) is 5. The number of rotatable bonds is 4. The van der Waals surface area contributed by atoms with Crippen LogP contribution in [0.5, 0.6) is 5.88 Å². The Balaban J connectivity index is 1.60. The fourth-order valence-electron chi connectivity index (χ4n) is 2.65. The van der Waals surface area contributed by atoms with E-state index >= 15 is 0 Å². The maximum Gasteiger partial charge on any atom is 0.254 e. The number of amides is 1. The summed E-state index contributed by atoms with van der Waals surface area (Å²) in [6.45, 7) is 4.88. The first-order chi connectivity index (χ1) is 11.7. The predicted molar refractivity (Wildman–Crippen MR) is 87.7 cm³/mol. The molecule has 0 spiro atoms. The lowest BCUT2D eigenvalue weighted by molar-refractivity contribution is 0.0746. The van der Waals surface area contributed by atoms with E-state index in [1.807, 2.05) is 13.0 Å². The predicted octanol–water partition coefficient (Wildman–Crippen LogP) is 1.98. The summed E-state index contributed by atoms with van der Waals surface area (Å²) in [4.78, 5) is 16.2. The van der Waals surface area contributed by atoms with Crippen molar-refractivity contribution in [2.45, 2.75) is 6.92 Å². The highest BCUT2D eigenvalue weighted by Gasteiger charge is 2.23. The monoisotopic (exact) mass is 330 g/mol. The number of halogens is 1. The van der Waals surface area contributed by atoms with Gasteiger partial charge in [0.2, 0.25) is 5.88 Å². The Morgan fingerprint density at radius 3 is 2.58 bits per heavy atom. The van der Waals surface area contributed by atoms with Gasteiger partial charge in [0.25, 0.3) is 5.91 Å². The minimum Gasteiger partial charge on any atom is -0.477 e. The Morgan fingerprint density at radius 2 is 1.96 bits per heavy atom. The van der Waals surface area contributed by atoms with Crippen molar-refractivity contribution in [3.05, 3.63) is 47.8 Å². The Kier molecular flexibility index (Phi) is 4.88. The zero-order chi connectivity index (χ0) is 16.9. The van der Waals surface area contributed by atoms with Crippen LogP contribution in [0.2, 0.25) is 0 Å². The number of hydrogen-bond donors (Lipinski definition) is 0. The second-order valence-electron chi connectivity index (χ2n) is 5.45. The van der Waals surface area contributed by atoms with E-state index < -0.39 is 5.82 Å². The summed E-state index contributed by atoms with van der Waals surface area (Å²) in [6.07, 6.45) is 0. The molecule has 0 saturated carbocycles. The van der Waals surface area contributed by atoms with E-state index in [-0.39, 0.29) is 5.91 Å². The van der Waals surface area contributed by atoms with Gasteiger partial charge in [0, 0.05) is 37.8 Å². The van der Waals surface area contributed by atoms with Crippen molar-refractivity contribution >= 4 is 11.7 Å². The number of aromatic nitrogens is 2. The number of carbonyl (C=O) groups is 1. The first-order valence-corrected chi connectivity index (χ1v) is 7.93. The van der Waals surface area contributed by atoms with E-state index in [2.05, 4.69) is 15.1 Å². The van der Waals surface area contributed by atoms with Crippen molar-refractivity contribution in [1.82, 2.24) is 15.1 Å². The molecule has 0 unspecified atom stereocenters. The quantitative estimate of drug-likeness (QED) is 0.858. The Labute approximate surface area is 139 Å². The molecule has 126 valence electrons. The smallest absolute Gasteiger partial charge is 0.254 e. The van der Waals surface area contributed by atoms with Crippen LogP contribution in [-0.4, -0.2) is 53.8 Å². The topological polar surface area (TPSA) is 58.6 Å². The summed E-state index contributed by atoms with van der Waals surface area (Å²) in [5.41, 5.74) is 0.379. The van der Waals surface area contributed by atoms with Crippen molar-refractivity contribution in [1.29, 1.82) is 0 Å². The van der Waals surface area contributed by atoms with Crippen LogP contribution in [-0.2, 0) is 0 Å². The molecule has 2 heterocycles. The fourth-order valence-corrected chi connectivity index (χ4v) is 2.65. The minimum atomic E-state index is -0.399. The van der Waals surface area contributed by atoms with Crippen LogP contribution in [0, 0.1) is 5.82 Å². The van der Waals surface area contributed by atoms with Crippen molar-refractivity contribution in [3.8, 4) is 5.88 Å². The molecule has 0 aliphatic carbocycles. The van der Waals surface area contributed by atoms with E-state index in [1.165, 1.54) is 12.1 Å². The highest BCUT2D eigenvalue weighted by atomic mass is 19.1. The Bertz CT molecular complexity index is 700. The van der Waals surface area contributed by atoms with Crippen LogP contribution in [0.25, 0.3) is 0 Å². The molecule has 3 rings (SSSR count). The lowest BCUT2D eigenvalue weighted by Gasteiger charge is -2.35. The molecule has 1 aromatic carbocycles. The molecule has 24 heavy (non-hydrogen) atoms. The zero-order valence-corrected chi connectivity index (χ0v) is 13.5. The molecule has 1 saturated heterocycles. The number of anilines is 1. The average Bonchev–Trinajstić information content (AvgIpc) is 2.62. The lowest BCUT2D eigenvalue weighted by Crippen LogP contribution is -2.49.